The van der Waals surface area contributed by atoms with Crippen LogP contribution >= 0.6 is 0 Å². The van der Waals surface area contributed by atoms with E-state index in [4.69, 9.17) is 5.11 Å². The second-order valence-corrected chi connectivity index (χ2v) is 5.14. The number of carbonyl (C=O) groups is 2. The molecule has 5 nitrogen and oxygen atoms in total. The van der Waals surface area contributed by atoms with Crippen molar-refractivity contribution in [2.45, 2.75) is 20.8 Å². The van der Waals surface area contributed by atoms with Crippen LogP contribution in [0, 0.1) is 5.92 Å². The van der Waals surface area contributed by atoms with Crippen LogP contribution in [0.5, 0.6) is 0 Å². The lowest BCUT2D eigenvalue weighted by atomic mass is 10.1. The fraction of sp³-hybridized carbons (Fsp3) is 0.500. The molecule has 0 saturated carbocycles. The predicted octanol–water partition coefficient (Wildman–Crippen LogP) is 2.33. The lowest BCUT2D eigenvalue weighted by Gasteiger charge is -2.22. The number of hydrogen-bond acceptors (Lipinski definition) is 3. The molecule has 0 aliphatic heterocycles. The Balaban J connectivity index is 2.77. The van der Waals surface area contributed by atoms with Gasteiger partial charge in [-0.3, -0.25) is 9.59 Å². The molecule has 0 fully saturated rings. The molecule has 0 spiro atoms. The van der Waals surface area contributed by atoms with Gasteiger partial charge in [0, 0.05) is 37.9 Å². The van der Waals surface area contributed by atoms with E-state index in [1.807, 2.05) is 12.1 Å². The fourth-order valence-corrected chi connectivity index (χ4v) is 2.20. The highest BCUT2D eigenvalue weighted by Gasteiger charge is 2.18. The third-order valence-electron chi connectivity index (χ3n) is 3.56. The summed E-state index contributed by atoms with van der Waals surface area (Å²) in [5.41, 5.74) is 1.66. The van der Waals surface area contributed by atoms with Crippen molar-refractivity contribution in [3.05, 3.63) is 29.8 Å². The van der Waals surface area contributed by atoms with Crippen LogP contribution in [0.3, 0.4) is 0 Å². The van der Waals surface area contributed by atoms with Gasteiger partial charge in [0.05, 0.1) is 5.92 Å². The molecule has 1 amide bonds. The van der Waals surface area contributed by atoms with E-state index in [-0.39, 0.29) is 12.5 Å². The molecule has 0 aromatic heterocycles. The van der Waals surface area contributed by atoms with Gasteiger partial charge < -0.3 is 14.9 Å². The molecule has 1 aromatic rings. The minimum absolute atomic E-state index is 0.158. The van der Waals surface area contributed by atoms with Gasteiger partial charge in [-0.2, -0.15) is 0 Å². The molecule has 1 aromatic carbocycles. The maximum Gasteiger partial charge on any atom is 0.308 e. The molecular weight excluding hydrogens is 268 g/mol. The van der Waals surface area contributed by atoms with Gasteiger partial charge in [-0.15, -0.1) is 0 Å². The van der Waals surface area contributed by atoms with Crippen molar-refractivity contribution < 1.29 is 14.7 Å². The molecular formula is C16H24N2O3. The Morgan fingerprint density at radius 2 is 1.67 bits per heavy atom. The van der Waals surface area contributed by atoms with Crippen molar-refractivity contribution >= 4 is 17.6 Å². The quantitative estimate of drug-likeness (QED) is 0.838. The number of carbonyl (C=O) groups excluding carboxylic acids is 1. The number of aliphatic carboxylic acids is 1. The van der Waals surface area contributed by atoms with Crippen molar-refractivity contribution in [1.29, 1.82) is 0 Å². The molecule has 116 valence electrons. The number of benzene rings is 1. The summed E-state index contributed by atoms with van der Waals surface area (Å²) in [5.74, 6) is -1.63. The van der Waals surface area contributed by atoms with Gasteiger partial charge in [0.2, 0.25) is 0 Å². The van der Waals surface area contributed by atoms with E-state index in [2.05, 4.69) is 18.7 Å². The van der Waals surface area contributed by atoms with E-state index in [0.29, 0.717) is 5.56 Å². The van der Waals surface area contributed by atoms with E-state index in [1.54, 1.807) is 26.1 Å². The molecule has 1 N–H and O–H groups in total. The molecule has 0 saturated heterocycles. The molecule has 0 aliphatic carbocycles. The molecule has 0 radical (unpaired) electrons. The number of hydrogen-bond donors (Lipinski definition) is 1. The highest BCUT2D eigenvalue weighted by Crippen LogP contribution is 2.16. The van der Waals surface area contributed by atoms with E-state index in [9.17, 15) is 9.59 Å². The Bertz CT molecular complexity index is 481. The molecule has 0 bridgehead atoms. The Hall–Kier alpha value is -2.04. The van der Waals surface area contributed by atoms with Crippen molar-refractivity contribution in [3.8, 4) is 0 Å². The zero-order valence-corrected chi connectivity index (χ0v) is 13.2. The normalized spacial score (nSPS) is 11.8. The molecule has 1 atom stereocenters. The fourth-order valence-electron chi connectivity index (χ4n) is 2.20. The third kappa shape index (κ3) is 4.48. The summed E-state index contributed by atoms with van der Waals surface area (Å²) >= 11 is 0. The van der Waals surface area contributed by atoms with Crippen LogP contribution in [-0.4, -0.2) is 48.6 Å². The van der Waals surface area contributed by atoms with Crippen LogP contribution in [-0.2, 0) is 4.79 Å². The van der Waals surface area contributed by atoms with Crippen LogP contribution in [0.2, 0.25) is 0 Å². The van der Waals surface area contributed by atoms with Gasteiger partial charge in [-0.05, 0) is 38.1 Å². The van der Waals surface area contributed by atoms with Gasteiger partial charge in [0.1, 0.15) is 0 Å². The Morgan fingerprint density at radius 1 is 1.14 bits per heavy atom. The summed E-state index contributed by atoms with van der Waals surface area (Å²) in [6, 6.07) is 7.43. The minimum Gasteiger partial charge on any atom is -0.481 e. The van der Waals surface area contributed by atoms with Crippen LogP contribution in [0.1, 0.15) is 31.1 Å². The third-order valence-corrected chi connectivity index (χ3v) is 3.56. The van der Waals surface area contributed by atoms with Crippen molar-refractivity contribution in [2.24, 2.45) is 5.92 Å². The number of nitrogens with zero attached hydrogens (tertiary/aromatic N) is 2. The second-order valence-electron chi connectivity index (χ2n) is 5.14. The molecule has 1 rings (SSSR count). The predicted molar refractivity (Wildman–Crippen MR) is 83.8 cm³/mol. The first kappa shape index (κ1) is 17.0. The van der Waals surface area contributed by atoms with Gasteiger partial charge >= 0.3 is 5.97 Å². The smallest absolute Gasteiger partial charge is 0.308 e. The summed E-state index contributed by atoms with van der Waals surface area (Å²) in [6.45, 7) is 7.80. The maximum atomic E-state index is 12.2. The van der Waals surface area contributed by atoms with Crippen molar-refractivity contribution in [2.75, 3.05) is 31.6 Å². The van der Waals surface area contributed by atoms with Gasteiger partial charge in [-0.25, -0.2) is 0 Å². The SMILES string of the molecule is CCN(CC)c1ccc(C(=O)N(C)CC(C)C(=O)O)cc1. The Morgan fingerprint density at radius 3 is 2.10 bits per heavy atom. The van der Waals surface area contributed by atoms with Gasteiger partial charge in [0.15, 0.2) is 0 Å². The second kappa shape index (κ2) is 7.67. The highest BCUT2D eigenvalue weighted by molar-refractivity contribution is 5.94. The largest absolute Gasteiger partial charge is 0.481 e. The maximum absolute atomic E-state index is 12.2. The molecule has 5 heteroatoms. The van der Waals surface area contributed by atoms with Crippen LogP contribution < -0.4 is 4.90 Å². The number of rotatable bonds is 7. The van der Waals surface area contributed by atoms with E-state index < -0.39 is 11.9 Å². The monoisotopic (exact) mass is 292 g/mol. The zero-order valence-electron chi connectivity index (χ0n) is 13.2. The molecule has 0 heterocycles. The van der Waals surface area contributed by atoms with Crippen LogP contribution in [0.15, 0.2) is 24.3 Å². The Labute approximate surface area is 126 Å². The summed E-state index contributed by atoms with van der Waals surface area (Å²) < 4.78 is 0. The number of carboxylic acids is 1. The van der Waals surface area contributed by atoms with Gasteiger partial charge in [0.25, 0.3) is 5.91 Å². The Kier molecular flexibility index (Phi) is 6.21. The summed E-state index contributed by atoms with van der Waals surface area (Å²) in [4.78, 5) is 26.7. The topological polar surface area (TPSA) is 60.9 Å². The molecule has 21 heavy (non-hydrogen) atoms. The van der Waals surface area contributed by atoms with Gasteiger partial charge in [-0.1, -0.05) is 6.92 Å². The molecule has 0 aliphatic rings. The first-order valence-corrected chi connectivity index (χ1v) is 7.23. The number of anilines is 1. The summed E-state index contributed by atoms with van der Waals surface area (Å²) in [5, 5.41) is 8.89. The summed E-state index contributed by atoms with van der Waals surface area (Å²) in [7, 11) is 1.63. The standard InChI is InChI=1S/C16H24N2O3/c1-5-18(6-2)14-9-7-13(8-10-14)15(19)17(4)11-12(3)16(20)21/h7-10,12H,5-6,11H2,1-4H3,(H,20,21). The first-order valence-electron chi connectivity index (χ1n) is 7.23. The number of carboxylic acid groups (broad SMARTS) is 1. The van der Waals surface area contributed by atoms with E-state index in [0.717, 1.165) is 18.8 Å². The van der Waals surface area contributed by atoms with E-state index in [1.165, 1.54) is 4.90 Å². The highest BCUT2D eigenvalue weighted by atomic mass is 16.4. The van der Waals surface area contributed by atoms with Crippen LogP contribution in [0.4, 0.5) is 5.69 Å². The average Bonchev–Trinajstić information content (AvgIpc) is 2.48. The lowest BCUT2D eigenvalue weighted by molar-refractivity contribution is -0.141. The summed E-state index contributed by atoms with van der Waals surface area (Å²) in [6.07, 6.45) is 0. The lowest BCUT2D eigenvalue weighted by Crippen LogP contribution is -2.33. The zero-order chi connectivity index (χ0) is 16.0. The molecule has 1 unspecified atom stereocenters. The number of amides is 1. The average molecular weight is 292 g/mol. The van der Waals surface area contributed by atoms with Crippen molar-refractivity contribution in [1.82, 2.24) is 4.90 Å². The van der Waals surface area contributed by atoms with Crippen LogP contribution in [0.25, 0.3) is 0 Å². The minimum atomic E-state index is -0.897. The van der Waals surface area contributed by atoms with Crippen molar-refractivity contribution in [3.63, 3.8) is 0 Å². The van der Waals surface area contributed by atoms with E-state index >= 15 is 0 Å². The first-order chi connectivity index (χ1) is 9.90.